The highest BCUT2D eigenvalue weighted by Gasteiger charge is 2.32. The summed E-state index contributed by atoms with van der Waals surface area (Å²) in [5.74, 6) is -1.76. The van der Waals surface area contributed by atoms with Gasteiger partial charge in [0.15, 0.2) is 5.11 Å². The molecule has 2 amide bonds. The average Bonchev–Trinajstić information content (AvgIpc) is 3.11. The van der Waals surface area contributed by atoms with E-state index in [0.717, 1.165) is 0 Å². The van der Waals surface area contributed by atoms with Gasteiger partial charge in [0.25, 0.3) is 11.8 Å². The van der Waals surface area contributed by atoms with Gasteiger partial charge in [-0.15, -0.1) is 6.58 Å². The molecule has 1 aromatic carbocycles. The number of amides is 2. The third-order valence-corrected chi connectivity index (χ3v) is 4.54. The van der Waals surface area contributed by atoms with E-state index in [-0.39, 0.29) is 33.6 Å². The molecule has 9 heteroatoms. The van der Waals surface area contributed by atoms with Crippen molar-refractivity contribution in [3.63, 3.8) is 0 Å². The largest absolute Gasteiger partial charge is 0.478 e. The van der Waals surface area contributed by atoms with Gasteiger partial charge in [-0.3, -0.25) is 19.8 Å². The molecule has 1 aliphatic rings. The first-order chi connectivity index (χ1) is 13.3. The van der Waals surface area contributed by atoms with Crippen molar-refractivity contribution in [2.75, 3.05) is 6.54 Å². The Morgan fingerprint density at radius 2 is 2.07 bits per heavy atom. The molecule has 2 aromatic rings. The molecule has 1 saturated heterocycles. The number of thiocarbonyl (C=S) groups is 1. The Morgan fingerprint density at radius 3 is 2.75 bits per heavy atom. The Hall–Kier alpha value is -3.23. The standard InChI is InChI=1S/C19H13ClN2O5S/c1-2-7-22-17(24)13(16(23)21-19(22)28)9-11-4-6-15(27-11)10-3-5-14(20)12(8-10)18(25)26/h2-6,8-9H,1,7H2,(H,25,26)(H,21,23,28)/b13-9+. The summed E-state index contributed by atoms with van der Waals surface area (Å²) in [4.78, 5) is 37.1. The fourth-order valence-corrected chi connectivity index (χ4v) is 3.01. The van der Waals surface area contributed by atoms with Crippen molar-refractivity contribution in [1.82, 2.24) is 10.2 Å². The Kier molecular flexibility index (Phi) is 5.43. The normalized spacial score (nSPS) is 15.7. The number of rotatable bonds is 5. The summed E-state index contributed by atoms with van der Waals surface area (Å²) in [6.07, 6.45) is 2.79. The van der Waals surface area contributed by atoms with E-state index in [1.807, 2.05) is 0 Å². The van der Waals surface area contributed by atoms with E-state index < -0.39 is 17.8 Å². The fourth-order valence-electron chi connectivity index (χ4n) is 2.56. The summed E-state index contributed by atoms with van der Waals surface area (Å²) in [5.41, 5.74) is 0.282. The molecular weight excluding hydrogens is 404 g/mol. The van der Waals surface area contributed by atoms with E-state index >= 15 is 0 Å². The Morgan fingerprint density at radius 1 is 1.32 bits per heavy atom. The highest BCUT2D eigenvalue weighted by molar-refractivity contribution is 7.80. The Bertz CT molecular complexity index is 1060. The number of halogens is 1. The minimum Gasteiger partial charge on any atom is -0.478 e. The zero-order valence-corrected chi connectivity index (χ0v) is 15.8. The van der Waals surface area contributed by atoms with E-state index in [4.69, 9.17) is 28.2 Å². The van der Waals surface area contributed by atoms with E-state index in [1.54, 1.807) is 18.2 Å². The highest BCUT2D eigenvalue weighted by atomic mass is 35.5. The molecule has 2 heterocycles. The maximum atomic E-state index is 12.5. The van der Waals surface area contributed by atoms with Crippen LogP contribution in [0.5, 0.6) is 0 Å². The minimum atomic E-state index is -1.16. The van der Waals surface area contributed by atoms with E-state index in [2.05, 4.69) is 11.9 Å². The van der Waals surface area contributed by atoms with Crippen LogP contribution in [0.25, 0.3) is 17.4 Å². The van der Waals surface area contributed by atoms with Crippen LogP contribution in [0.15, 0.2) is 53.0 Å². The molecule has 0 atom stereocenters. The van der Waals surface area contributed by atoms with Crippen molar-refractivity contribution in [2.45, 2.75) is 0 Å². The molecule has 0 unspecified atom stereocenters. The van der Waals surface area contributed by atoms with Crippen LogP contribution in [0.4, 0.5) is 0 Å². The molecule has 1 aromatic heterocycles. The molecule has 7 nitrogen and oxygen atoms in total. The molecule has 28 heavy (non-hydrogen) atoms. The molecule has 0 bridgehead atoms. The lowest BCUT2D eigenvalue weighted by atomic mass is 10.1. The number of carbonyl (C=O) groups excluding carboxylic acids is 2. The predicted octanol–water partition coefficient (Wildman–Crippen LogP) is 3.11. The van der Waals surface area contributed by atoms with Crippen LogP contribution < -0.4 is 5.32 Å². The lowest BCUT2D eigenvalue weighted by molar-refractivity contribution is -0.128. The number of hydrogen-bond acceptors (Lipinski definition) is 5. The second kappa shape index (κ2) is 7.79. The first-order valence-corrected chi connectivity index (χ1v) is 8.73. The fraction of sp³-hybridized carbons (Fsp3) is 0.0526. The zero-order chi connectivity index (χ0) is 20.4. The average molecular weight is 417 g/mol. The van der Waals surface area contributed by atoms with Gasteiger partial charge >= 0.3 is 5.97 Å². The van der Waals surface area contributed by atoms with Crippen LogP contribution in [0, 0.1) is 0 Å². The number of nitrogens with zero attached hydrogens (tertiary/aromatic N) is 1. The summed E-state index contributed by atoms with van der Waals surface area (Å²) in [6.45, 7) is 3.71. The van der Waals surface area contributed by atoms with Crippen LogP contribution in [0.2, 0.25) is 5.02 Å². The lowest BCUT2D eigenvalue weighted by Crippen LogP contribution is -2.53. The SMILES string of the molecule is C=CCN1C(=O)/C(=C/c2ccc(-c3ccc(Cl)c(C(=O)O)c3)o2)C(=O)NC1=S. The lowest BCUT2D eigenvalue weighted by Gasteiger charge is -2.27. The molecule has 0 aliphatic carbocycles. The summed E-state index contributed by atoms with van der Waals surface area (Å²) in [6, 6.07) is 7.59. The number of carbonyl (C=O) groups is 3. The van der Waals surface area contributed by atoms with Gasteiger partial charge in [-0.2, -0.15) is 0 Å². The number of furan rings is 1. The van der Waals surface area contributed by atoms with Crippen molar-refractivity contribution < 1.29 is 23.9 Å². The molecule has 0 saturated carbocycles. The number of nitrogens with one attached hydrogen (secondary N) is 1. The topological polar surface area (TPSA) is 99.8 Å². The molecular formula is C19H13ClN2O5S. The number of hydrogen-bond donors (Lipinski definition) is 2. The van der Waals surface area contributed by atoms with Gasteiger partial charge in [-0.05, 0) is 48.6 Å². The first kappa shape index (κ1) is 19.5. The number of carboxylic acid groups (broad SMARTS) is 1. The van der Waals surface area contributed by atoms with Crippen LogP contribution in [0.3, 0.4) is 0 Å². The minimum absolute atomic E-state index is 0.00884. The van der Waals surface area contributed by atoms with Crippen molar-refractivity contribution in [1.29, 1.82) is 0 Å². The van der Waals surface area contributed by atoms with Gasteiger partial charge < -0.3 is 9.52 Å². The Balaban J connectivity index is 1.94. The van der Waals surface area contributed by atoms with E-state index in [1.165, 1.54) is 29.2 Å². The molecule has 0 radical (unpaired) electrons. The summed E-state index contributed by atoms with van der Waals surface area (Å²) >= 11 is 10.9. The summed E-state index contributed by atoms with van der Waals surface area (Å²) in [5, 5.41) is 11.7. The molecule has 1 aliphatic heterocycles. The highest BCUT2D eigenvalue weighted by Crippen LogP contribution is 2.28. The van der Waals surface area contributed by atoms with Crippen molar-refractivity contribution in [2.24, 2.45) is 0 Å². The van der Waals surface area contributed by atoms with Crippen LogP contribution >= 0.6 is 23.8 Å². The summed E-state index contributed by atoms with van der Waals surface area (Å²) < 4.78 is 5.65. The van der Waals surface area contributed by atoms with Gasteiger partial charge in [-0.1, -0.05) is 17.7 Å². The number of aromatic carboxylic acids is 1. The zero-order valence-electron chi connectivity index (χ0n) is 14.3. The Labute approximate surface area is 169 Å². The quantitative estimate of drug-likeness (QED) is 0.336. The maximum absolute atomic E-state index is 12.5. The van der Waals surface area contributed by atoms with Crippen molar-refractivity contribution in [3.05, 3.63) is 64.9 Å². The van der Waals surface area contributed by atoms with Crippen LogP contribution in [-0.2, 0) is 9.59 Å². The van der Waals surface area contributed by atoms with Gasteiger partial charge in [0, 0.05) is 12.1 Å². The third-order valence-electron chi connectivity index (χ3n) is 3.89. The molecule has 3 rings (SSSR count). The van der Waals surface area contributed by atoms with Crippen LogP contribution in [0.1, 0.15) is 16.1 Å². The van der Waals surface area contributed by atoms with Gasteiger partial charge in [0.1, 0.15) is 17.1 Å². The van der Waals surface area contributed by atoms with Gasteiger partial charge in [0.05, 0.1) is 10.6 Å². The van der Waals surface area contributed by atoms with E-state index in [0.29, 0.717) is 11.3 Å². The van der Waals surface area contributed by atoms with Gasteiger partial charge in [-0.25, -0.2) is 4.79 Å². The molecule has 2 N–H and O–H groups in total. The van der Waals surface area contributed by atoms with Crippen molar-refractivity contribution >= 4 is 52.8 Å². The molecule has 1 fully saturated rings. The van der Waals surface area contributed by atoms with Gasteiger partial charge in [0.2, 0.25) is 0 Å². The second-order valence-electron chi connectivity index (χ2n) is 5.72. The summed E-state index contributed by atoms with van der Waals surface area (Å²) in [7, 11) is 0. The molecule has 142 valence electrons. The monoisotopic (exact) mass is 416 g/mol. The van der Waals surface area contributed by atoms with Crippen LogP contribution in [-0.4, -0.2) is 39.4 Å². The molecule has 0 spiro atoms. The third kappa shape index (κ3) is 3.73. The second-order valence-corrected chi connectivity index (χ2v) is 6.52. The number of carboxylic acids is 1. The maximum Gasteiger partial charge on any atom is 0.337 e. The first-order valence-electron chi connectivity index (χ1n) is 7.94. The van der Waals surface area contributed by atoms with E-state index in [9.17, 15) is 19.5 Å². The number of benzene rings is 1. The van der Waals surface area contributed by atoms with Crippen molar-refractivity contribution in [3.8, 4) is 11.3 Å². The predicted molar refractivity (Wildman–Crippen MR) is 107 cm³/mol. The smallest absolute Gasteiger partial charge is 0.337 e.